The average Bonchev–Trinajstić information content (AvgIpc) is 2.43. The Morgan fingerprint density at radius 2 is 1.53 bits per heavy atom. The van der Waals surface area contributed by atoms with Crippen molar-refractivity contribution in [1.29, 1.82) is 0 Å². The zero-order valence-corrected chi connectivity index (χ0v) is 13.2. The first-order valence-corrected chi connectivity index (χ1v) is 7.89. The van der Waals surface area contributed by atoms with E-state index in [2.05, 4.69) is 11.8 Å². The summed E-state index contributed by atoms with van der Waals surface area (Å²) in [5.74, 6) is 0. The molecule has 0 bridgehead atoms. The quantitative estimate of drug-likeness (QED) is 0.494. The van der Waals surface area contributed by atoms with Crippen LogP contribution < -0.4 is 5.73 Å². The Bertz CT molecular complexity index is 170. The number of unbranched alkanes of at least 4 members (excludes halogenated alkanes) is 2. The Hall–Kier alpha value is -0.160. The van der Waals surface area contributed by atoms with Crippen molar-refractivity contribution in [3.63, 3.8) is 0 Å². The largest absolute Gasteiger partial charge is 0.380 e. The zero-order chi connectivity index (χ0) is 14.3. The van der Waals surface area contributed by atoms with Gasteiger partial charge in [-0.1, -0.05) is 26.2 Å². The monoisotopic (exact) mass is 274 g/mol. The van der Waals surface area contributed by atoms with Gasteiger partial charge >= 0.3 is 0 Å². The van der Waals surface area contributed by atoms with E-state index in [0.717, 1.165) is 46.1 Å². The highest BCUT2D eigenvalue weighted by molar-refractivity contribution is 4.73. The predicted molar refractivity (Wildman–Crippen MR) is 81.5 cm³/mol. The normalized spacial score (nSPS) is 13.1. The van der Waals surface area contributed by atoms with E-state index in [1.165, 1.54) is 25.7 Å². The van der Waals surface area contributed by atoms with Gasteiger partial charge in [-0.05, 0) is 20.3 Å². The molecular weight excluding hydrogens is 240 g/mol. The summed E-state index contributed by atoms with van der Waals surface area (Å²) in [5, 5.41) is 0. The molecule has 0 saturated carbocycles. The van der Waals surface area contributed by atoms with E-state index in [-0.39, 0.29) is 0 Å². The van der Waals surface area contributed by atoms with Gasteiger partial charge < -0.3 is 15.2 Å². The predicted octanol–water partition coefficient (Wildman–Crippen LogP) is 2.27. The molecule has 0 aliphatic rings. The summed E-state index contributed by atoms with van der Waals surface area (Å²) >= 11 is 0. The van der Waals surface area contributed by atoms with Gasteiger partial charge in [0.2, 0.25) is 0 Å². The summed E-state index contributed by atoms with van der Waals surface area (Å²) in [5.41, 5.74) is 5.94. The Kier molecular flexibility index (Phi) is 14.1. The van der Waals surface area contributed by atoms with Gasteiger partial charge in [0.05, 0.1) is 13.2 Å². The molecule has 0 amide bonds. The summed E-state index contributed by atoms with van der Waals surface area (Å²) in [6.45, 7) is 12.1. The second-order valence-electron chi connectivity index (χ2n) is 4.82. The number of nitrogens with zero attached hydrogens (tertiary/aromatic N) is 1. The first-order valence-electron chi connectivity index (χ1n) is 7.89. The molecule has 0 rings (SSSR count). The Morgan fingerprint density at radius 3 is 1.95 bits per heavy atom. The molecule has 0 saturated heterocycles. The van der Waals surface area contributed by atoms with Crippen molar-refractivity contribution in [3.8, 4) is 0 Å². The van der Waals surface area contributed by atoms with Crippen LogP contribution in [0.15, 0.2) is 0 Å². The van der Waals surface area contributed by atoms with Crippen molar-refractivity contribution in [1.82, 2.24) is 4.90 Å². The number of hydrogen-bond donors (Lipinski definition) is 1. The lowest BCUT2D eigenvalue weighted by molar-refractivity contribution is 0.0617. The maximum absolute atomic E-state index is 5.94. The highest BCUT2D eigenvalue weighted by Gasteiger charge is 2.16. The van der Waals surface area contributed by atoms with E-state index < -0.39 is 0 Å². The minimum Gasteiger partial charge on any atom is -0.380 e. The van der Waals surface area contributed by atoms with Crippen LogP contribution in [0.25, 0.3) is 0 Å². The topological polar surface area (TPSA) is 47.7 Å². The molecule has 0 heterocycles. The maximum Gasteiger partial charge on any atom is 0.0593 e. The molecule has 0 aromatic carbocycles. The SMILES string of the molecule is CCCCCC(CN)N(CCOCC)CCOCC. The van der Waals surface area contributed by atoms with Crippen LogP contribution in [0.1, 0.15) is 46.5 Å². The summed E-state index contributed by atoms with van der Waals surface area (Å²) in [7, 11) is 0. The average molecular weight is 274 g/mol. The first-order chi connectivity index (χ1) is 9.29. The van der Waals surface area contributed by atoms with Crippen molar-refractivity contribution in [2.24, 2.45) is 5.73 Å². The number of nitrogens with two attached hydrogens (primary N) is 1. The van der Waals surface area contributed by atoms with Crippen molar-refractivity contribution < 1.29 is 9.47 Å². The van der Waals surface area contributed by atoms with Crippen LogP contribution in [-0.2, 0) is 9.47 Å². The third-order valence-electron chi connectivity index (χ3n) is 3.38. The third kappa shape index (κ3) is 10.3. The second-order valence-corrected chi connectivity index (χ2v) is 4.82. The minimum atomic E-state index is 0.465. The van der Waals surface area contributed by atoms with Gasteiger partial charge in [-0.15, -0.1) is 0 Å². The third-order valence-corrected chi connectivity index (χ3v) is 3.38. The number of hydrogen-bond acceptors (Lipinski definition) is 4. The van der Waals surface area contributed by atoms with Crippen molar-refractivity contribution in [2.75, 3.05) is 46.1 Å². The van der Waals surface area contributed by atoms with Gasteiger partial charge in [-0.25, -0.2) is 0 Å². The fourth-order valence-corrected chi connectivity index (χ4v) is 2.21. The molecule has 1 atom stereocenters. The molecule has 0 aliphatic carbocycles. The maximum atomic E-state index is 5.94. The fraction of sp³-hybridized carbons (Fsp3) is 1.00. The van der Waals surface area contributed by atoms with Crippen LogP contribution >= 0.6 is 0 Å². The minimum absolute atomic E-state index is 0.465. The highest BCUT2D eigenvalue weighted by Crippen LogP contribution is 2.09. The van der Waals surface area contributed by atoms with E-state index in [0.29, 0.717) is 6.04 Å². The summed E-state index contributed by atoms with van der Waals surface area (Å²) in [4.78, 5) is 2.43. The molecule has 0 aromatic heterocycles. The van der Waals surface area contributed by atoms with Crippen LogP contribution in [0, 0.1) is 0 Å². The van der Waals surface area contributed by atoms with Gasteiger partial charge in [-0.2, -0.15) is 0 Å². The smallest absolute Gasteiger partial charge is 0.0593 e. The van der Waals surface area contributed by atoms with E-state index in [1.54, 1.807) is 0 Å². The van der Waals surface area contributed by atoms with Crippen LogP contribution in [0.4, 0.5) is 0 Å². The number of ether oxygens (including phenoxy) is 2. The fourth-order valence-electron chi connectivity index (χ4n) is 2.21. The van der Waals surface area contributed by atoms with E-state index >= 15 is 0 Å². The molecular formula is C15H34N2O2. The Labute approximate surface area is 119 Å². The molecule has 0 aliphatic heterocycles. The second kappa shape index (κ2) is 14.3. The van der Waals surface area contributed by atoms with Crippen molar-refractivity contribution in [3.05, 3.63) is 0 Å². The summed E-state index contributed by atoms with van der Waals surface area (Å²) in [6, 6.07) is 0.465. The van der Waals surface area contributed by atoms with Crippen LogP contribution in [0.2, 0.25) is 0 Å². The first kappa shape index (κ1) is 18.8. The molecule has 4 heteroatoms. The molecule has 116 valence electrons. The van der Waals surface area contributed by atoms with E-state index in [1.807, 2.05) is 13.8 Å². The van der Waals surface area contributed by atoms with Crippen LogP contribution in [-0.4, -0.2) is 57.0 Å². The molecule has 19 heavy (non-hydrogen) atoms. The summed E-state index contributed by atoms with van der Waals surface area (Å²) in [6.07, 6.45) is 5.00. The van der Waals surface area contributed by atoms with Crippen molar-refractivity contribution >= 4 is 0 Å². The van der Waals surface area contributed by atoms with E-state index in [9.17, 15) is 0 Å². The van der Waals surface area contributed by atoms with Gasteiger partial charge in [-0.3, -0.25) is 4.90 Å². The standard InChI is InChI=1S/C15H34N2O2/c1-4-7-8-9-15(14-16)17(10-12-18-5-2)11-13-19-6-3/h15H,4-14,16H2,1-3H3. The van der Waals surface area contributed by atoms with Gasteiger partial charge in [0, 0.05) is 38.9 Å². The van der Waals surface area contributed by atoms with E-state index in [4.69, 9.17) is 15.2 Å². The van der Waals surface area contributed by atoms with Crippen molar-refractivity contribution in [2.45, 2.75) is 52.5 Å². The van der Waals surface area contributed by atoms with Crippen LogP contribution in [0.5, 0.6) is 0 Å². The molecule has 0 fully saturated rings. The van der Waals surface area contributed by atoms with Gasteiger partial charge in [0.1, 0.15) is 0 Å². The van der Waals surface area contributed by atoms with Gasteiger partial charge in [0.15, 0.2) is 0 Å². The zero-order valence-electron chi connectivity index (χ0n) is 13.2. The molecule has 2 N–H and O–H groups in total. The molecule has 1 unspecified atom stereocenters. The Morgan fingerprint density at radius 1 is 0.947 bits per heavy atom. The highest BCUT2D eigenvalue weighted by atomic mass is 16.5. The lowest BCUT2D eigenvalue weighted by Gasteiger charge is -2.30. The number of rotatable bonds is 14. The Balaban J connectivity index is 4.13. The van der Waals surface area contributed by atoms with Gasteiger partial charge in [0.25, 0.3) is 0 Å². The summed E-state index contributed by atoms with van der Waals surface area (Å²) < 4.78 is 10.9. The molecule has 0 spiro atoms. The lowest BCUT2D eigenvalue weighted by Crippen LogP contribution is -2.44. The molecule has 0 radical (unpaired) electrons. The lowest BCUT2D eigenvalue weighted by atomic mass is 10.1. The molecule has 4 nitrogen and oxygen atoms in total. The molecule has 0 aromatic rings. The van der Waals surface area contributed by atoms with Crippen LogP contribution in [0.3, 0.4) is 0 Å².